The molecule has 29 heavy (non-hydrogen) atoms. The third-order valence-electron chi connectivity index (χ3n) is 4.42. The molecule has 0 bridgehead atoms. The van der Waals surface area contributed by atoms with Crippen LogP contribution < -0.4 is 5.32 Å². The number of hydrogen-bond acceptors (Lipinski definition) is 6. The number of benzene rings is 2. The molecule has 1 amide bonds. The number of aryl methyl sites for hydroxylation is 1. The first-order valence-electron chi connectivity index (χ1n) is 8.95. The van der Waals surface area contributed by atoms with Gasteiger partial charge in [-0.25, -0.2) is 13.4 Å². The minimum absolute atomic E-state index is 0.104. The molecule has 0 unspecified atom stereocenters. The van der Waals surface area contributed by atoms with Crippen molar-refractivity contribution in [1.29, 1.82) is 0 Å². The number of aromatic nitrogens is 1. The van der Waals surface area contributed by atoms with Crippen molar-refractivity contribution in [3.8, 4) is 10.6 Å². The Kier molecular flexibility index (Phi) is 5.49. The van der Waals surface area contributed by atoms with Crippen molar-refractivity contribution in [2.45, 2.75) is 18.2 Å². The first-order valence-corrected chi connectivity index (χ1v) is 12.3. The van der Waals surface area contributed by atoms with Crippen LogP contribution in [0.25, 0.3) is 20.8 Å². The third-order valence-corrected chi connectivity index (χ3v) is 8.05. The number of thiophene rings is 1. The Morgan fingerprint density at radius 2 is 1.83 bits per heavy atom. The Labute approximate surface area is 177 Å². The van der Waals surface area contributed by atoms with Crippen LogP contribution in [0.1, 0.15) is 12.0 Å². The first kappa shape index (κ1) is 19.8. The van der Waals surface area contributed by atoms with Crippen LogP contribution in [0.3, 0.4) is 0 Å². The van der Waals surface area contributed by atoms with E-state index in [1.165, 1.54) is 11.3 Å². The summed E-state index contributed by atoms with van der Waals surface area (Å²) in [5, 5.41) is 6.25. The average molecular weight is 443 g/mol. The lowest BCUT2D eigenvalue weighted by molar-refractivity contribution is -0.115. The number of nitrogens with one attached hydrogen (secondary N) is 1. The van der Waals surface area contributed by atoms with Gasteiger partial charge in [-0.15, -0.1) is 22.7 Å². The van der Waals surface area contributed by atoms with Gasteiger partial charge in [0, 0.05) is 12.0 Å². The van der Waals surface area contributed by atoms with Crippen molar-refractivity contribution in [3.63, 3.8) is 0 Å². The van der Waals surface area contributed by atoms with Gasteiger partial charge in [0.1, 0.15) is 10.0 Å². The number of fused-ring (bicyclic) bond motifs is 1. The van der Waals surface area contributed by atoms with Gasteiger partial charge in [0.2, 0.25) is 5.91 Å². The molecule has 0 aliphatic carbocycles. The Morgan fingerprint density at radius 3 is 2.59 bits per heavy atom. The molecule has 1 N–H and O–H groups in total. The van der Waals surface area contributed by atoms with Crippen LogP contribution >= 0.6 is 22.7 Å². The highest BCUT2D eigenvalue weighted by atomic mass is 32.2. The Hall–Kier alpha value is -2.55. The van der Waals surface area contributed by atoms with E-state index in [4.69, 9.17) is 0 Å². The number of amides is 1. The zero-order chi connectivity index (χ0) is 20.4. The molecule has 0 aliphatic rings. The van der Waals surface area contributed by atoms with E-state index in [1.807, 2.05) is 42.6 Å². The van der Waals surface area contributed by atoms with Gasteiger partial charge in [0.05, 0.1) is 20.9 Å². The fraction of sp³-hybridized carbons (Fsp3) is 0.143. The molecule has 5 nitrogen and oxygen atoms in total. The molecule has 4 aromatic rings. The monoisotopic (exact) mass is 442 g/mol. The van der Waals surface area contributed by atoms with Crippen molar-refractivity contribution in [3.05, 3.63) is 65.5 Å². The minimum atomic E-state index is -3.50. The van der Waals surface area contributed by atoms with Gasteiger partial charge in [-0.05, 0) is 42.6 Å². The summed E-state index contributed by atoms with van der Waals surface area (Å²) in [5.41, 5.74) is 2.76. The second kappa shape index (κ2) is 8.06. The topological polar surface area (TPSA) is 76.1 Å². The van der Waals surface area contributed by atoms with Crippen LogP contribution in [0.4, 0.5) is 5.00 Å². The number of nitrogens with zero attached hydrogens (tertiary/aromatic N) is 1. The molecule has 2 aromatic heterocycles. The second-order valence-corrected chi connectivity index (χ2v) is 10.6. The lowest BCUT2D eigenvalue weighted by Gasteiger charge is -2.07. The minimum Gasteiger partial charge on any atom is -0.317 e. The van der Waals surface area contributed by atoms with E-state index in [0.717, 1.165) is 26.4 Å². The molecule has 0 spiro atoms. The molecule has 2 heterocycles. The standard InChI is InChI=1S/C21H18N2O3S3/c1-14-6-8-15(9-7-14)29(25,26)13-11-19(24)23-20-16(10-12-27-20)21-22-17-4-2-3-5-18(17)28-21/h2-10,12H,11,13H2,1H3,(H,23,24). The highest BCUT2D eigenvalue weighted by Gasteiger charge is 2.18. The fourth-order valence-corrected chi connectivity index (χ4v) is 5.95. The van der Waals surface area contributed by atoms with Gasteiger partial charge in [0.25, 0.3) is 0 Å². The Bertz CT molecular complexity index is 1240. The van der Waals surface area contributed by atoms with Gasteiger partial charge < -0.3 is 5.32 Å². The Balaban J connectivity index is 1.46. The van der Waals surface area contributed by atoms with Crippen LogP contribution in [0, 0.1) is 6.92 Å². The van der Waals surface area contributed by atoms with Crippen LogP contribution in [0.15, 0.2) is 64.9 Å². The summed E-state index contributed by atoms with van der Waals surface area (Å²) in [4.78, 5) is 17.3. The lowest BCUT2D eigenvalue weighted by Crippen LogP contribution is -2.17. The lowest BCUT2D eigenvalue weighted by atomic mass is 10.2. The van der Waals surface area contributed by atoms with Crippen molar-refractivity contribution in [2.24, 2.45) is 0 Å². The molecule has 0 fully saturated rings. The van der Waals surface area contributed by atoms with E-state index in [-0.39, 0.29) is 23.0 Å². The number of anilines is 1. The summed E-state index contributed by atoms with van der Waals surface area (Å²) in [6.45, 7) is 1.90. The van der Waals surface area contributed by atoms with E-state index in [2.05, 4.69) is 10.3 Å². The smallest absolute Gasteiger partial charge is 0.226 e. The number of para-hydroxylation sites is 1. The van der Waals surface area contributed by atoms with E-state index >= 15 is 0 Å². The van der Waals surface area contributed by atoms with Crippen molar-refractivity contribution in [1.82, 2.24) is 4.98 Å². The van der Waals surface area contributed by atoms with Gasteiger partial charge in [-0.3, -0.25) is 4.79 Å². The zero-order valence-corrected chi connectivity index (χ0v) is 18.0. The molecule has 0 saturated heterocycles. The van der Waals surface area contributed by atoms with Crippen molar-refractivity contribution >= 4 is 53.6 Å². The largest absolute Gasteiger partial charge is 0.317 e. The number of rotatable bonds is 6. The van der Waals surface area contributed by atoms with E-state index < -0.39 is 9.84 Å². The van der Waals surface area contributed by atoms with E-state index in [0.29, 0.717) is 5.00 Å². The van der Waals surface area contributed by atoms with Crippen molar-refractivity contribution < 1.29 is 13.2 Å². The highest BCUT2D eigenvalue weighted by molar-refractivity contribution is 7.91. The summed E-state index contributed by atoms with van der Waals surface area (Å²) in [5.74, 6) is -0.561. The number of carbonyl (C=O) groups is 1. The highest BCUT2D eigenvalue weighted by Crippen LogP contribution is 2.37. The molecule has 0 aliphatic heterocycles. The molecule has 0 atom stereocenters. The normalized spacial score (nSPS) is 11.6. The molecule has 8 heteroatoms. The quantitative estimate of drug-likeness (QED) is 0.449. The summed E-state index contributed by atoms with van der Waals surface area (Å²) < 4.78 is 26.0. The summed E-state index contributed by atoms with van der Waals surface area (Å²) in [6.07, 6.45) is -0.104. The number of sulfone groups is 1. The molecule has 2 aromatic carbocycles. The van der Waals surface area contributed by atoms with Gasteiger partial charge in [0.15, 0.2) is 9.84 Å². The average Bonchev–Trinajstić information content (AvgIpc) is 3.33. The summed E-state index contributed by atoms with van der Waals surface area (Å²) in [6, 6.07) is 16.5. The van der Waals surface area contributed by atoms with Crippen LogP contribution in [-0.4, -0.2) is 25.1 Å². The molecule has 148 valence electrons. The molecular formula is C21H18N2O3S3. The van der Waals surface area contributed by atoms with Crippen LogP contribution in [0.2, 0.25) is 0 Å². The molecule has 4 rings (SSSR count). The molecular weight excluding hydrogens is 424 g/mol. The van der Waals surface area contributed by atoms with Crippen molar-refractivity contribution in [2.75, 3.05) is 11.1 Å². The van der Waals surface area contributed by atoms with Crippen LogP contribution in [-0.2, 0) is 14.6 Å². The Morgan fingerprint density at radius 1 is 1.07 bits per heavy atom. The number of carbonyl (C=O) groups excluding carboxylic acids is 1. The van der Waals surface area contributed by atoms with Gasteiger partial charge >= 0.3 is 0 Å². The molecule has 0 radical (unpaired) electrons. The number of hydrogen-bond donors (Lipinski definition) is 1. The summed E-state index contributed by atoms with van der Waals surface area (Å²) >= 11 is 2.96. The van der Waals surface area contributed by atoms with Gasteiger partial charge in [-0.2, -0.15) is 0 Å². The summed E-state index contributed by atoms with van der Waals surface area (Å²) in [7, 11) is -3.50. The maximum absolute atomic E-state index is 12.5. The molecule has 0 saturated carbocycles. The second-order valence-electron chi connectivity index (χ2n) is 6.58. The first-order chi connectivity index (χ1) is 13.9. The number of thiazole rings is 1. The predicted octanol–water partition coefficient (Wildman–Crippen LogP) is 5.14. The van der Waals surface area contributed by atoms with Crippen LogP contribution in [0.5, 0.6) is 0 Å². The van der Waals surface area contributed by atoms with E-state index in [1.54, 1.807) is 35.6 Å². The van der Waals surface area contributed by atoms with E-state index in [9.17, 15) is 13.2 Å². The fourth-order valence-electron chi connectivity index (χ4n) is 2.84. The maximum Gasteiger partial charge on any atom is 0.226 e. The third kappa shape index (κ3) is 4.39. The van der Waals surface area contributed by atoms with Gasteiger partial charge in [-0.1, -0.05) is 29.8 Å². The zero-order valence-electron chi connectivity index (χ0n) is 15.6. The SMILES string of the molecule is Cc1ccc(S(=O)(=O)CCC(=O)Nc2sccc2-c2nc3ccccc3s2)cc1. The maximum atomic E-state index is 12.5. The predicted molar refractivity (Wildman–Crippen MR) is 119 cm³/mol.